The molecule has 0 spiro atoms. The number of nitrogens with zero attached hydrogens (tertiary/aromatic N) is 1. The third-order valence-corrected chi connectivity index (χ3v) is 5.64. The van der Waals surface area contributed by atoms with Gasteiger partial charge in [-0.05, 0) is 60.5 Å². The summed E-state index contributed by atoms with van der Waals surface area (Å²) in [5, 5.41) is 0.243. The number of hydrogen-bond donors (Lipinski definition) is 0. The maximum Gasteiger partial charge on any atom is 0.416 e. The number of halogens is 4. The van der Waals surface area contributed by atoms with E-state index in [1.54, 1.807) is 37.3 Å². The number of fused-ring (bicyclic) bond motifs is 1. The Morgan fingerprint density at radius 2 is 1.69 bits per heavy atom. The molecule has 3 aromatic carbocycles. The van der Waals surface area contributed by atoms with Gasteiger partial charge in [0.1, 0.15) is 0 Å². The average molecular weight is 502 g/mol. The van der Waals surface area contributed by atoms with Gasteiger partial charge in [0.2, 0.25) is 0 Å². The molecule has 0 bridgehead atoms. The van der Waals surface area contributed by atoms with Crippen molar-refractivity contribution in [3.05, 3.63) is 87.9 Å². The smallest absolute Gasteiger partial charge is 0.416 e. The van der Waals surface area contributed by atoms with E-state index in [4.69, 9.17) is 21.1 Å². The van der Waals surface area contributed by atoms with Crippen LogP contribution in [0.3, 0.4) is 0 Å². The Morgan fingerprint density at radius 3 is 2.34 bits per heavy atom. The number of ether oxygens (including phenoxy) is 2. The molecular formula is C26H19ClF3NO4. The second-order valence-corrected chi connectivity index (χ2v) is 7.97. The molecule has 0 atom stereocenters. The fourth-order valence-corrected chi connectivity index (χ4v) is 4.14. The van der Waals surface area contributed by atoms with Gasteiger partial charge in [0.05, 0.1) is 30.0 Å². The van der Waals surface area contributed by atoms with E-state index < -0.39 is 23.6 Å². The van der Waals surface area contributed by atoms with Crippen molar-refractivity contribution in [3.8, 4) is 11.5 Å². The predicted octanol–water partition coefficient (Wildman–Crippen LogP) is 6.49. The van der Waals surface area contributed by atoms with Crippen molar-refractivity contribution in [3.63, 3.8) is 0 Å². The predicted molar refractivity (Wildman–Crippen MR) is 127 cm³/mol. The van der Waals surface area contributed by atoms with E-state index in [0.29, 0.717) is 29.2 Å². The van der Waals surface area contributed by atoms with Gasteiger partial charge < -0.3 is 9.47 Å². The van der Waals surface area contributed by atoms with Crippen LogP contribution in [0.5, 0.6) is 11.5 Å². The highest BCUT2D eigenvalue weighted by Gasteiger charge is 2.37. The Kier molecular flexibility index (Phi) is 6.58. The van der Waals surface area contributed by atoms with E-state index in [0.717, 1.165) is 23.1 Å². The largest absolute Gasteiger partial charge is 0.491 e. The van der Waals surface area contributed by atoms with E-state index in [2.05, 4.69) is 0 Å². The third kappa shape index (κ3) is 4.61. The van der Waals surface area contributed by atoms with Gasteiger partial charge in [0.25, 0.3) is 11.8 Å². The molecule has 0 aromatic heterocycles. The zero-order chi connectivity index (χ0) is 25.3. The highest BCUT2D eigenvalue weighted by atomic mass is 35.5. The van der Waals surface area contributed by atoms with Crippen LogP contribution < -0.4 is 14.4 Å². The summed E-state index contributed by atoms with van der Waals surface area (Å²) in [6.07, 6.45) is -3.12. The molecule has 4 rings (SSSR count). The van der Waals surface area contributed by atoms with Gasteiger partial charge in [-0.25, -0.2) is 4.90 Å². The first kappa shape index (κ1) is 24.3. The monoisotopic (exact) mass is 501 g/mol. The van der Waals surface area contributed by atoms with Crippen molar-refractivity contribution >= 4 is 40.8 Å². The number of anilines is 1. The lowest BCUT2D eigenvalue weighted by atomic mass is 9.91. The van der Waals surface area contributed by atoms with E-state index in [-0.39, 0.29) is 21.8 Å². The Morgan fingerprint density at radius 1 is 0.971 bits per heavy atom. The molecule has 180 valence electrons. The molecule has 0 saturated heterocycles. The fraction of sp³-hybridized carbons (Fsp3) is 0.154. The highest BCUT2D eigenvalue weighted by molar-refractivity contribution is 6.43. The molecule has 0 radical (unpaired) electrons. The summed E-state index contributed by atoms with van der Waals surface area (Å²) in [4.78, 5) is 27.5. The van der Waals surface area contributed by atoms with Crippen LogP contribution in [0.2, 0.25) is 5.02 Å². The summed E-state index contributed by atoms with van der Waals surface area (Å²) in [6, 6.07) is 13.7. The number of carbonyl (C=O) groups is 2. The Balaban J connectivity index is 1.89. The minimum absolute atomic E-state index is 0.112. The van der Waals surface area contributed by atoms with Gasteiger partial charge in [-0.2, -0.15) is 13.2 Å². The molecule has 3 aromatic rings. The lowest BCUT2D eigenvalue weighted by Crippen LogP contribution is -2.41. The van der Waals surface area contributed by atoms with Crippen molar-refractivity contribution in [1.82, 2.24) is 0 Å². The maximum atomic E-state index is 13.5. The number of methoxy groups -OCH3 is 1. The van der Waals surface area contributed by atoms with Crippen molar-refractivity contribution in [2.24, 2.45) is 0 Å². The summed E-state index contributed by atoms with van der Waals surface area (Å²) in [5.74, 6) is -0.800. The van der Waals surface area contributed by atoms with E-state index in [1.807, 2.05) is 0 Å². The minimum Gasteiger partial charge on any atom is -0.491 e. The summed E-state index contributed by atoms with van der Waals surface area (Å²) >= 11 is 6.34. The number of imide groups is 1. The number of carbonyl (C=O) groups excluding carboxylic acids is 2. The van der Waals surface area contributed by atoms with Crippen molar-refractivity contribution in [1.29, 1.82) is 0 Å². The molecule has 2 amide bonds. The molecule has 5 nitrogen and oxygen atoms in total. The minimum atomic E-state index is -4.63. The zero-order valence-corrected chi connectivity index (χ0v) is 19.4. The van der Waals surface area contributed by atoms with E-state index in [1.165, 1.54) is 25.3 Å². The number of alkyl halides is 3. The number of rotatable bonds is 5. The van der Waals surface area contributed by atoms with Crippen LogP contribution in [0, 0.1) is 0 Å². The van der Waals surface area contributed by atoms with Crippen LogP contribution in [-0.2, 0) is 11.0 Å². The first-order chi connectivity index (χ1) is 16.7. The summed E-state index contributed by atoms with van der Waals surface area (Å²) in [6.45, 7) is 2.13. The average Bonchev–Trinajstić information content (AvgIpc) is 2.82. The van der Waals surface area contributed by atoms with Gasteiger partial charge in [-0.1, -0.05) is 35.9 Å². The van der Waals surface area contributed by atoms with Crippen LogP contribution in [-0.4, -0.2) is 25.5 Å². The Labute approximate surface area is 204 Å². The molecular weight excluding hydrogens is 483 g/mol. The summed E-state index contributed by atoms with van der Waals surface area (Å²) in [7, 11) is 1.45. The van der Waals surface area contributed by atoms with Gasteiger partial charge in [0, 0.05) is 11.1 Å². The number of hydrogen-bond acceptors (Lipinski definition) is 4. The molecule has 35 heavy (non-hydrogen) atoms. The van der Waals surface area contributed by atoms with Gasteiger partial charge in [0.15, 0.2) is 11.5 Å². The number of benzene rings is 3. The molecule has 1 aliphatic rings. The molecule has 0 aliphatic carbocycles. The third-order valence-electron chi connectivity index (χ3n) is 5.36. The van der Waals surface area contributed by atoms with Crippen molar-refractivity contribution < 1.29 is 32.2 Å². The van der Waals surface area contributed by atoms with Crippen LogP contribution >= 0.6 is 11.6 Å². The van der Waals surface area contributed by atoms with Crippen LogP contribution in [0.4, 0.5) is 18.9 Å². The molecule has 0 unspecified atom stereocenters. The van der Waals surface area contributed by atoms with Crippen LogP contribution in [0.25, 0.3) is 11.6 Å². The molecule has 0 saturated carbocycles. The molecule has 0 N–H and O–H groups in total. The molecule has 1 heterocycles. The van der Waals surface area contributed by atoms with Crippen LogP contribution in [0.1, 0.15) is 34.0 Å². The van der Waals surface area contributed by atoms with E-state index in [9.17, 15) is 22.8 Å². The summed E-state index contributed by atoms with van der Waals surface area (Å²) in [5.41, 5.74) is -0.0191. The number of amides is 2. The first-order valence-corrected chi connectivity index (χ1v) is 10.9. The quantitative estimate of drug-likeness (QED) is 0.296. The lowest BCUT2D eigenvalue weighted by Gasteiger charge is -2.29. The van der Waals surface area contributed by atoms with Gasteiger partial charge >= 0.3 is 6.18 Å². The second kappa shape index (κ2) is 9.46. The molecule has 9 heteroatoms. The van der Waals surface area contributed by atoms with Crippen molar-refractivity contribution in [2.45, 2.75) is 13.1 Å². The normalized spacial score (nSPS) is 14.8. The fourth-order valence-electron chi connectivity index (χ4n) is 3.85. The van der Waals surface area contributed by atoms with Crippen LogP contribution in [0.15, 0.2) is 60.7 Å². The van der Waals surface area contributed by atoms with Crippen molar-refractivity contribution in [2.75, 3.05) is 18.6 Å². The SMILES string of the molecule is CCOc1cc(/C=C2/C(=O)N(c3cccc(C(F)(F)F)c3)C(=O)c3ccccc32)cc(Cl)c1OC. The van der Waals surface area contributed by atoms with Gasteiger partial charge in [-0.3, -0.25) is 9.59 Å². The molecule has 1 aliphatic heterocycles. The topological polar surface area (TPSA) is 55.8 Å². The Bertz CT molecular complexity index is 1350. The summed E-state index contributed by atoms with van der Waals surface area (Å²) < 4.78 is 50.8. The highest BCUT2D eigenvalue weighted by Crippen LogP contribution is 2.39. The first-order valence-electron chi connectivity index (χ1n) is 10.5. The zero-order valence-electron chi connectivity index (χ0n) is 18.7. The van der Waals surface area contributed by atoms with Gasteiger partial charge in [-0.15, -0.1) is 0 Å². The second-order valence-electron chi connectivity index (χ2n) is 7.56. The lowest BCUT2D eigenvalue weighted by molar-refractivity contribution is -0.137. The Hall–Kier alpha value is -3.78. The van der Waals surface area contributed by atoms with E-state index >= 15 is 0 Å². The standard InChI is InChI=1S/C26H19ClF3NO4/c1-3-35-22-13-15(12-21(27)23(22)34-2)11-20-18-9-4-5-10-19(18)24(32)31(25(20)33)17-8-6-7-16(14-17)26(28,29)30/h4-14H,3H2,1-2H3/b20-11+. The molecule has 0 fully saturated rings. The maximum absolute atomic E-state index is 13.5.